The first-order valence-corrected chi connectivity index (χ1v) is 9.63. The molecule has 0 aromatic rings. The van der Waals surface area contributed by atoms with Crippen LogP contribution in [0.3, 0.4) is 0 Å². The minimum atomic E-state index is 0. The highest BCUT2D eigenvalue weighted by atomic mass is 127. The number of hydrogen-bond acceptors (Lipinski definition) is 3. The van der Waals surface area contributed by atoms with Gasteiger partial charge in [0.05, 0.1) is 0 Å². The van der Waals surface area contributed by atoms with Gasteiger partial charge in [-0.05, 0) is 44.3 Å². The molecule has 5 nitrogen and oxygen atoms in total. The Morgan fingerprint density at radius 1 is 1.26 bits per heavy atom. The van der Waals surface area contributed by atoms with Gasteiger partial charge in [0.25, 0.3) is 0 Å². The van der Waals surface area contributed by atoms with Crippen LogP contribution in [0.2, 0.25) is 0 Å². The van der Waals surface area contributed by atoms with Crippen LogP contribution >= 0.6 is 35.7 Å². The molecule has 0 saturated carbocycles. The molecule has 134 valence electrons. The summed E-state index contributed by atoms with van der Waals surface area (Å²) in [7, 11) is 0. The molecule has 2 N–H and O–H groups in total. The first kappa shape index (κ1) is 20.9. The summed E-state index contributed by atoms with van der Waals surface area (Å²) in [5.41, 5.74) is 0. The zero-order valence-corrected chi connectivity index (χ0v) is 17.5. The quantitative estimate of drug-likeness (QED) is 0.381. The Morgan fingerprint density at radius 2 is 2.00 bits per heavy atom. The SMILES string of the molecule is CCNC(=NCC1CCN(C(C)=O)CC1)NCC1CCCS1.I. The number of nitrogens with one attached hydrogen (secondary N) is 2. The number of amides is 1. The number of nitrogens with zero attached hydrogens (tertiary/aromatic N) is 2. The molecular formula is C16H31IN4OS. The van der Waals surface area contributed by atoms with Crippen LogP contribution in [0, 0.1) is 5.92 Å². The maximum absolute atomic E-state index is 11.3. The molecule has 2 aliphatic heterocycles. The van der Waals surface area contributed by atoms with Gasteiger partial charge >= 0.3 is 0 Å². The molecule has 2 rings (SSSR count). The largest absolute Gasteiger partial charge is 0.357 e. The zero-order chi connectivity index (χ0) is 15.8. The molecule has 1 amide bonds. The number of carbonyl (C=O) groups excluding carboxylic acids is 1. The number of aliphatic imine (C=N–C) groups is 1. The summed E-state index contributed by atoms with van der Waals surface area (Å²) in [4.78, 5) is 18.0. The van der Waals surface area contributed by atoms with Crippen molar-refractivity contribution >= 4 is 47.6 Å². The molecule has 0 radical (unpaired) electrons. The molecule has 7 heteroatoms. The average molecular weight is 454 g/mol. The minimum absolute atomic E-state index is 0. The van der Waals surface area contributed by atoms with Gasteiger partial charge in [-0.25, -0.2) is 0 Å². The van der Waals surface area contributed by atoms with Crippen molar-refractivity contribution in [2.75, 3.05) is 38.5 Å². The fourth-order valence-electron chi connectivity index (χ4n) is 3.01. The Bertz CT molecular complexity index is 380. The fraction of sp³-hybridized carbons (Fsp3) is 0.875. The molecule has 0 aromatic carbocycles. The molecular weight excluding hydrogens is 423 g/mol. The summed E-state index contributed by atoms with van der Waals surface area (Å²) in [6.07, 6.45) is 4.81. The normalized spacial score (nSPS) is 22.6. The van der Waals surface area contributed by atoms with Gasteiger partial charge in [-0.1, -0.05) is 0 Å². The van der Waals surface area contributed by atoms with Crippen LogP contribution in [0.4, 0.5) is 0 Å². The zero-order valence-electron chi connectivity index (χ0n) is 14.3. The molecule has 2 aliphatic rings. The van der Waals surface area contributed by atoms with Crippen molar-refractivity contribution in [2.24, 2.45) is 10.9 Å². The lowest BCUT2D eigenvalue weighted by Crippen LogP contribution is -2.41. The van der Waals surface area contributed by atoms with Gasteiger partial charge < -0.3 is 15.5 Å². The summed E-state index contributed by atoms with van der Waals surface area (Å²) >= 11 is 2.07. The van der Waals surface area contributed by atoms with Crippen LogP contribution in [0.1, 0.15) is 39.5 Å². The van der Waals surface area contributed by atoms with Crippen LogP contribution < -0.4 is 10.6 Å². The van der Waals surface area contributed by atoms with E-state index in [9.17, 15) is 4.79 Å². The molecule has 0 aliphatic carbocycles. The molecule has 1 unspecified atom stereocenters. The van der Waals surface area contributed by atoms with E-state index in [4.69, 9.17) is 4.99 Å². The van der Waals surface area contributed by atoms with Crippen molar-refractivity contribution < 1.29 is 4.79 Å². The second kappa shape index (κ2) is 11.4. The highest BCUT2D eigenvalue weighted by Gasteiger charge is 2.20. The number of piperidine rings is 1. The van der Waals surface area contributed by atoms with Gasteiger partial charge in [0.15, 0.2) is 5.96 Å². The second-order valence-corrected chi connectivity index (χ2v) is 7.59. The number of halogens is 1. The number of likely N-dealkylation sites (tertiary alicyclic amines) is 1. The Hall–Kier alpha value is -0.180. The standard InChI is InChI=1S/C16H30N4OS.HI/c1-3-17-16(19-12-15-5-4-10-22-15)18-11-14-6-8-20(9-7-14)13(2)21;/h14-15H,3-12H2,1-2H3,(H2,17,18,19);1H. The van der Waals surface area contributed by atoms with E-state index < -0.39 is 0 Å². The lowest BCUT2D eigenvalue weighted by atomic mass is 9.97. The van der Waals surface area contributed by atoms with Crippen molar-refractivity contribution in [1.29, 1.82) is 0 Å². The van der Waals surface area contributed by atoms with Gasteiger partial charge in [0, 0.05) is 44.9 Å². The minimum Gasteiger partial charge on any atom is -0.357 e. The van der Waals surface area contributed by atoms with E-state index in [1.54, 1.807) is 6.92 Å². The van der Waals surface area contributed by atoms with Crippen LogP contribution in [0.5, 0.6) is 0 Å². The Kier molecular flexibility index (Phi) is 10.3. The average Bonchev–Trinajstić information content (AvgIpc) is 3.04. The van der Waals surface area contributed by atoms with Gasteiger partial charge in [-0.3, -0.25) is 9.79 Å². The van der Waals surface area contributed by atoms with Crippen LogP contribution in [0.25, 0.3) is 0 Å². The summed E-state index contributed by atoms with van der Waals surface area (Å²) < 4.78 is 0. The van der Waals surface area contributed by atoms with Crippen LogP contribution in [-0.4, -0.2) is 60.5 Å². The van der Waals surface area contributed by atoms with E-state index in [-0.39, 0.29) is 29.9 Å². The molecule has 23 heavy (non-hydrogen) atoms. The van der Waals surface area contributed by atoms with E-state index in [1.807, 2.05) is 4.90 Å². The first-order chi connectivity index (χ1) is 10.7. The van der Waals surface area contributed by atoms with Crippen LogP contribution in [-0.2, 0) is 4.79 Å². The van der Waals surface area contributed by atoms with Crippen molar-refractivity contribution in [1.82, 2.24) is 15.5 Å². The predicted molar refractivity (Wildman–Crippen MR) is 110 cm³/mol. The number of carbonyl (C=O) groups is 1. The molecule has 0 aromatic heterocycles. The van der Waals surface area contributed by atoms with Gasteiger partial charge in [0.1, 0.15) is 0 Å². The van der Waals surface area contributed by atoms with Crippen molar-refractivity contribution in [3.05, 3.63) is 0 Å². The van der Waals surface area contributed by atoms with E-state index in [1.165, 1.54) is 18.6 Å². The van der Waals surface area contributed by atoms with Gasteiger partial charge in [0.2, 0.25) is 5.91 Å². The van der Waals surface area contributed by atoms with Crippen LogP contribution in [0.15, 0.2) is 4.99 Å². The second-order valence-electron chi connectivity index (χ2n) is 6.18. The fourth-order valence-corrected chi connectivity index (χ4v) is 4.21. The molecule has 1 atom stereocenters. The Morgan fingerprint density at radius 3 is 2.57 bits per heavy atom. The summed E-state index contributed by atoms with van der Waals surface area (Å²) in [5.74, 6) is 3.05. The highest BCUT2D eigenvalue weighted by Crippen LogP contribution is 2.25. The summed E-state index contributed by atoms with van der Waals surface area (Å²) in [6, 6.07) is 0. The van der Waals surface area contributed by atoms with E-state index >= 15 is 0 Å². The lowest BCUT2D eigenvalue weighted by Gasteiger charge is -2.30. The summed E-state index contributed by atoms with van der Waals surface area (Å²) in [5, 5.41) is 7.56. The van der Waals surface area contributed by atoms with E-state index in [2.05, 4.69) is 29.3 Å². The number of rotatable bonds is 5. The topological polar surface area (TPSA) is 56.7 Å². The number of thioether (sulfide) groups is 1. The van der Waals surface area contributed by atoms with Gasteiger partial charge in [-0.2, -0.15) is 11.8 Å². The smallest absolute Gasteiger partial charge is 0.219 e. The van der Waals surface area contributed by atoms with E-state index in [0.717, 1.165) is 56.8 Å². The third kappa shape index (κ3) is 7.49. The predicted octanol–water partition coefficient (Wildman–Crippen LogP) is 2.31. The van der Waals surface area contributed by atoms with Crippen molar-refractivity contribution in [2.45, 2.75) is 44.8 Å². The number of guanidine groups is 1. The van der Waals surface area contributed by atoms with Gasteiger partial charge in [-0.15, -0.1) is 24.0 Å². The molecule has 0 bridgehead atoms. The Balaban J connectivity index is 0.00000264. The molecule has 0 spiro atoms. The van der Waals surface area contributed by atoms with E-state index in [0.29, 0.717) is 5.92 Å². The Labute approximate surface area is 161 Å². The molecule has 2 fully saturated rings. The monoisotopic (exact) mass is 454 g/mol. The summed E-state index contributed by atoms with van der Waals surface area (Å²) in [6.45, 7) is 8.31. The highest BCUT2D eigenvalue weighted by molar-refractivity contribution is 14.0. The molecule has 2 saturated heterocycles. The van der Waals surface area contributed by atoms with Crippen molar-refractivity contribution in [3.8, 4) is 0 Å². The third-order valence-corrected chi connectivity index (χ3v) is 5.83. The third-order valence-electron chi connectivity index (χ3n) is 4.43. The lowest BCUT2D eigenvalue weighted by molar-refractivity contribution is -0.130. The maximum atomic E-state index is 11.3. The first-order valence-electron chi connectivity index (χ1n) is 8.58. The molecule has 2 heterocycles. The number of hydrogen-bond donors (Lipinski definition) is 2. The maximum Gasteiger partial charge on any atom is 0.219 e. The van der Waals surface area contributed by atoms with Crippen molar-refractivity contribution in [3.63, 3.8) is 0 Å².